The molecule has 2 atom stereocenters. The molecule has 0 aromatic carbocycles. The van der Waals surface area contributed by atoms with E-state index in [1.807, 2.05) is 24.3 Å². The van der Waals surface area contributed by atoms with Crippen molar-refractivity contribution in [3.05, 3.63) is 24.3 Å². The highest BCUT2D eigenvalue weighted by Crippen LogP contribution is 2.41. The molecule has 0 saturated heterocycles. The van der Waals surface area contributed by atoms with Gasteiger partial charge in [0, 0.05) is 13.7 Å². The van der Waals surface area contributed by atoms with Crippen LogP contribution in [-0.4, -0.2) is 24.8 Å². The lowest BCUT2D eigenvalue weighted by Crippen LogP contribution is -2.38. The highest BCUT2D eigenvalue weighted by atomic mass is 16.5. The summed E-state index contributed by atoms with van der Waals surface area (Å²) in [7, 11) is 1.67. The third kappa shape index (κ3) is 5.60. The molecule has 2 unspecified atom stereocenters. The number of ether oxygens (including phenoxy) is 1. The van der Waals surface area contributed by atoms with E-state index in [0.717, 1.165) is 25.7 Å². The van der Waals surface area contributed by atoms with Crippen LogP contribution in [0, 0.1) is 11.3 Å². The minimum absolute atomic E-state index is 0.0371. The first-order valence-electron chi connectivity index (χ1n) is 8.75. The summed E-state index contributed by atoms with van der Waals surface area (Å²) >= 11 is 0. The molecule has 0 fully saturated rings. The van der Waals surface area contributed by atoms with E-state index in [9.17, 15) is 9.90 Å². The van der Waals surface area contributed by atoms with Crippen LogP contribution in [-0.2, 0) is 9.53 Å². The summed E-state index contributed by atoms with van der Waals surface area (Å²) in [5.74, 6) is -0.657. The van der Waals surface area contributed by atoms with Crippen LogP contribution in [0.1, 0.15) is 64.7 Å². The van der Waals surface area contributed by atoms with Gasteiger partial charge in [-0.15, -0.1) is 0 Å². The quantitative estimate of drug-likeness (QED) is 0.517. The highest BCUT2D eigenvalue weighted by molar-refractivity contribution is 5.78. The molecular formula is C19H32O3. The first-order chi connectivity index (χ1) is 10.7. The molecule has 3 heteroatoms. The van der Waals surface area contributed by atoms with Crippen LogP contribution in [0.2, 0.25) is 0 Å². The fourth-order valence-electron chi connectivity index (χ4n) is 3.30. The van der Waals surface area contributed by atoms with Crippen LogP contribution in [0.3, 0.4) is 0 Å². The molecule has 0 bridgehead atoms. The number of allylic oxidation sites excluding steroid dienone is 3. The normalized spacial score (nSPS) is 23.8. The molecule has 0 aromatic heterocycles. The number of hydrogen-bond acceptors (Lipinski definition) is 2. The second-order valence-corrected chi connectivity index (χ2v) is 6.35. The molecule has 3 nitrogen and oxygen atoms in total. The second-order valence-electron chi connectivity index (χ2n) is 6.35. The fourth-order valence-corrected chi connectivity index (χ4v) is 3.30. The van der Waals surface area contributed by atoms with Crippen LogP contribution >= 0.6 is 0 Å². The van der Waals surface area contributed by atoms with Crippen LogP contribution in [0.4, 0.5) is 0 Å². The lowest BCUT2D eigenvalue weighted by Gasteiger charge is -2.35. The number of carbonyl (C=O) groups is 1. The number of unbranched alkanes of at least 4 members (excludes halogenated alkanes) is 6. The first kappa shape index (κ1) is 19.0. The monoisotopic (exact) mass is 308 g/mol. The molecule has 0 saturated carbocycles. The lowest BCUT2D eigenvalue weighted by molar-refractivity contribution is -0.149. The van der Waals surface area contributed by atoms with Crippen molar-refractivity contribution < 1.29 is 14.6 Å². The van der Waals surface area contributed by atoms with E-state index in [2.05, 4.69) is 6.92 Å². The van der Waals surface area contributed by atoms with E-state index in [1.54, 1.807) is 7.11 Å². The summed E-state index contributed by atoms with van der Waals surface area (Å²) in [6, 6.07) is 0. The molecule has 1 N–H and O–H groups in total. The number of hydrogen-bond donors (Lipinski definition) is 1. The summed E-state index contributed by atoms with van der Waals surface area (Å²) < 4.78 is 5.15. The molecule has 0 spiro atoms. The van der Waals surface area contributed by atoms with E-state index < -0.39 is 11.4 Å². The zero-order valence-corrected chi connectivity index (χ0v) is 14.2. The Kier molecular flexibility index (Phi) is 9.14. The number of aliphatic carboxylic acids is 1. The Labute approximate surface area is 135 Å². The number of carboxylic acids is 1. The van der Waals surface area contributed by atoms with Crippen LogP contribution in [0.15, 0.2) is 24.3 Å². The van der Waals surface area contributed by atoms with E-state index in [1.165, 1.54) is 32.1 Å². The fraction of sp³-hybridized carbons (Fsp3) is 0.737. The molecular weight excluding hydrogens is 276 g/mol. The van der Waals surface area contributed by atoms with Gasteiger partial charge in [0.05, 0.1) is 5.41 Å². The highest BCUT2D eigenvalue weighted by Gasteiger charge is 2.42. The maximum absolute atomic E-state index is 11.9. The number of methoxy groups -OCH3 is 1. The van der Waals surface area contributed by atoms with Gasteiger partial charge in [-0.25, -0.2) is 0 Å². The van der Waals surface area contributed by atoms with Crippen molar-refractivity contribution >= 4 is 5.97 Å². The van der Waals surface area contributed by atoms with Crippen molar-refractivity contribution in [3.8, 4) is 0 Å². The van der Waals surface area contributed by atoms with Crippen LogP contribution in [0.5, 0.6) is 0 Å². The minimum atomic E-state index is -0.739. The summed E-state index contributed by atoms with van der Waals surface area (Å²) in [4.78, 5) is 11.9. The maximum atomic E-state index is 11.9. The topological polar surface area (TPSA) is 46.5 Å². The molecule has 0 amide bonds. The maximum Gasteiger partial charge on any atom is 0.314 e. The van der Waals surface area contributed by atoms with Gasteiger partial charge >= 0.3 is 5.97 Å². The van der Waals surface area contributed by atoms with Gasteiger partial charge in [0.1, 0.15) is 0 Å². The zero-order valence-electron chi connectivity index (χ0n) is 14.2. The van der Waals surface area contributed by atoms with E-state index in [-0.39, 0.29) is 5.92 Å². The molecule has 0 aliphatic heterocycles. The largest absolute Gasteiger partial charge is 0.481 e. The summed E-state index contributed by atoms with van der Waals surface area (Å²) in [6.07, 6.45) is 17.8. The van der Waals surface area contributed by atoms with Gasteiger partial charge in [-0.3, -0.25) is 4.79 Å². The van der Waals surface area contributed by atoms with E-state index in [0.29, 0.717) is 6.61 Å². The minimum Gasteiger partial charge on any atom is -0.481 e. The van der Waals surface area contributed by atoms with Gasteiger partial charge in [0.15, 0.2) is 0 Å². The van der Waals surface area contributed by atoms with Crippen molar-refractivity contribution in [1.29, 1.82) is 0 Å². The zero-order chi connectivity index (χ0) is 16.3. The summed E-state index contributed by atoms with van der Waals surface area (Å²) in [5, 5.41) is 9.81. The summed E-state index contributed by atoms with van der Waals surface area (Å²) in [5.41, 5.74) is -0.739. The third-order valence-corrected chi connectivity index (χ3v) is 4.73. The predicted octanol–water partition coefficient (Wildman–Crippen LogP) is 4.98. The molecule has 1 rings (SSSR count). The smallest absolute Gasteiger partial charge is 0.314 e. The van der Waals surface area contributed by atoms with Gasteiger partial charge in [-0.05, 0) is 18.8 Å². The lowest BCUT2D eigenvalue weighted by atomic mass is 9.68. The van der Waals surface area contributed by atoms with Crippen molar-refractivity contribution in [1.82, 2.24) is 0 Å². The molecule has 1 aliphatic rings. The van der Waals surface area contributed by atoms with Crippen molar-refractivity contribution in [2.24, 2.45) is 11.3 Å². The van der Waals surface area contributed by atoms with Gasteiger partial charge in [-0.1, -0.05) is 76.2 Å². The van der Waals surface area contributed by atoms with Gasteiger partial charge in [0.25, 0.3) is 0 Å². The Morgan fingerprint density at radius 1 is 1.14 bits per heavy atom. The van der Waals surface area contributed by atoms with Crippen molar-refractivity contribution in [3.63, 3.8) is 0 Å². The number of rotatable bonds is 12. The molecule has 126 valence electrons. The molecule has 1 aliphatic carbocycles. The number of carboxylic acid groups (broad SMARTS) is 1. The Balaban J connectivity index is 2.49. The Hall–Kier alpha value is -1.09. The van der Waals surface area contributed by atoms with Crippen LogP contribution < -0.4 is 0 Å². The Morgan fingerprint density at radius 2 is 1.82 bits per heavy atom. The molecule has 0 aromatic rings. The Morgan fingerprint density at radius 3 is 2.45 bits per heavy atom. The van der Waals surface area contributed by atoms with Gasteiger partial charge in [0.2, 0.25) is 0 Å². The van der Waals surface area contributed by atoms with Gasteiger partial charge in [-0.2, -0.15) is 0 Å². The summed E-state index contributed by atoms with van der Waals surface area (Å²) in [6.45, 7) is 2.83. The molecule has 0 heterocycles. The van der Waals surface area contributed by atoms with Crippen molar-refractivity contribution in [2.45, 2.75) is 64.7 Å². The second kappa shape index (κ2) is 10.6. The SMILES string of the molecule is CCCCCCCCCC1(C(=O)O)C=CC=CC1CCOC. The Bertz CT molecular complexity index is 373. The average molecular weight is 308 g/mol. The molecule has 0 radical (unpaired) electrons. The third-order valence-electron chi connectivity index (χ3n) is 4.73. The van der Waals surface area contributed by atoms with Crippen molar-refractivity contribution in [2.75, 3.05) is 13.7 Å². The average Bonchev–Trinajstić information content (AvgIpc) is 2.52. The molecule has 22 heavy (non-hydrogen) atoms. The standard InChI is InChI=1S/C19H32O3/c1-3-4-5-6-7-8-10-14-19(18(20)21)15-11-9-12-17(19)13-16-22-2/h9,11-12,15,17H,3-8,10,13-14,16H2,1-2H3,(H,20,21). The predicted molar refractivity (Wildman–Crippen MR) is 90.9 cm³/mol. The van der Waals surface area contributed by atoms with Crippen LogP contribution in [0.25, 0.3) is 0 Å². The van der Waals surface area contributed by atoms with E-state index in [4.69, 9.17) is 4.74 Å². The first-order valence-corrected chi connectivity index (χ1v) is 8.75. The van der Waals surface area contributed by atoms with Gasteiger partial charge < -0.3 is 9.84 Å². The van der Waals surface area contributed by atoms with E-state index >= 15 is 0 Å².